The summed E-state index contributed by atoms with van der Waals surface area (Å²) in [6.45, 7) is 0. The maximum Gasteiger partial charge on any atom is 0.232 e. The molecule has 0 aliphatic heterocycles. The first-order chi connectivity index (χ1) is 14.3. The number of allylic oxidation sites excluding steroid dienone is 3. The fraction of sp³-hybridized carbons (Fsp3) is 0.227. The number of nitrogens with one attached hydrogen (secondary N) is 1. The molecule has 7 heteroatoms. The Morgan fingerprint density at radius 3 is 2.93 bits per heavy atom. The number of hydrogen-bond donors (Lipinski definition) is 1. The highest BCUT2D eigenvalue weighted by Crippen LogP contribution is 2.37. The summed E-state index contributed by atoms with van der Waals surface area (Å²) in [4.78, 5) is 21.6. The Morgan fingerprint density at radius 2 is 2.10 bits per heavy atom. The van der Waals surface area contributed by atoms with E-state index in [1.165, 1.54) is 0 Å². The van der Waals surface area contributed by atoms with Crippen molar-refractivity contribution < 1.29 is 4.79 Å². The number of carbonyl (C=O) groups is 1. The number of rotatable bonds is 5. The minimum absolute atomic E-state index is 0.0796. The van der Waals surface area contributed by atoms with Gasteiger partial charge in [0.25, 0.3) is 0 Å². The lowest BCUT2D eigenvalue weighted by Gasteiger charge is -2.18. The van der Waals surface area contributed by atoms with E-state index in [9.17, 15) is 4.79 Å². The summed E-state index contributed by atoms with van der Waals surface area (Å²) in [7, 11) is 0. The van der Waals surface area contributed by atoms with Crippen LogP contribution in [0.4, 0.5) is 5.82 Å². The van der Waals surface area contributed by atoms with Crippen molar-refractivity contribution in [1.29, 1.82) is 0 Å². The summed E-state index contributed by atoms with van der Waals surface area (Å²) in [5, 5.41) is 11.2. The molecule has 1 saturated carbocycles. The smallest absolute Gasteiger partial charge is 0.232 e. The van der Waals surface area contributed by atoms with Crippen LogP contribution in [0.2, 0.25) is 0 Å². The average Bonchev–Trinajstić information content (AvgIpc) is 3.50. The van der Waals surface area contributed by atoms with Gasteiger partial charge in [0, 0.05) is 18.4 Å². The first-order valence-electron chi connectivity index (χ1n) is 9.73. The molecule has 29 heavy (non-hydrogen) atoms. The number of aromatic nitrogens is 5. The molecule has 0 aromatic carbocycles. The maximum atomic E-state index is 12.8. The maximum absolute atomic E-state index is 12.8. The number of anilines is 1. The summed E-state index contributed by atoms with van der Waals surface area (Å²) >= 11 is 0. The fourth-order valence-corrected chi connectivity index (χ4v) is 3.52. The third-order valence-corrected chi connectivity index (χ3v) is 5.19. The van der Waals surface area contributed by atoms with Gasteiger partial charge in [0.05, 0.1) is 5.92 Å². The van der Waals surface area contributed by atoms with Gasteiger partial charge in [-0.25, -0.2) is 4.98 Å². The third kappa shape index (κ3) is 3.71. The quantitative estimate of drug-likeness (QED) is 0.725. The minimum atomic E-state index is -0.254. The van der Waals surface area contributed by atoms with Crippen LogP contribution >= 0.6 is 0 Å². The fourth-order valence-electron chi connectivity index (χ4n) is 3.52. The molecule has 2 aliphatic rings. The van der Waals surface area contributed by atoms with Crippen molar-refractivity contribution in [3.8, 4) is 11.5 Å². The number of hydrogen-bond acceptors (Lipinski definition) is 5. The van der Waals surface area contributed by atoms with Crippen LogP contribution in [-0.2, 0) is 4.79 Å². The van der Waals surface area contributed by atoms with Gasteiger partial charge in [0.15, 0.2) is 5.82 Å². The Balaban J connectivity index is 1.31. The normalized spacial score (nSPS) is 18.3. The minimum Gasteiger partial charge on any atom is -0.310 e. The Bertz CT molecular complexity index is 1100. The molecule has 0 radical (unpaired) electrons. The lowest BCUT2D eigenvalue weighted by Crippen LogP contribution is -2.23. The van der Waals surface area contributed by atoms with Gasteiger partial charge in [-0.3, -0.25) is 9.78 Å². The second-order valence-electron chi connectivity index (χ2n) is 7.32. The molecule has 0 bridgehead atoms. The van der Waals surface area contributed by atoms with Crippen molar-refractivity contribution in [1.82, 2.24) is 24.7 Å². The van der Waals surface area contributed by atoms with Crippen LogP contribution in [0.5, 0.6) is 0 Å². The van der Waals surface area contributed by atoms with Crippen LogP contribution in [0.15, 0.2) is 67.3 Å². The molecule has 1 unspecified atom stereocenters. The van der Waals surface area contributed by atoms with Gasteiger partial charge in [-0.1, -0.05) is 30.4 Å². The van der Waals surface area contributed by atoms with Gasteiger partial charge < -0.3 is 9.88 Å². The van der Waals surface area contributed by atoms with Crippen molar-refractivity contribution in [3.05, 3.63) is 72.8 Å². The molecule has 3 heterocycles. The van der Waals surface area contributed by atoms with Crippen molar-refractivity contribution in [2.24, 2.45) is 5.92 Å². The zero-order valence-corrected chi connectivity index (χ0v) is 15.8. The van der Waals surface area contributed by atoms with E-state index in [0.717, 1.165) is 29.8 Å². The summed E-state index contributed by atoms with van der Waals surface area (Å²) < 4.78 is 2.06. The molecule has 1 atom stereocenters. The lowest BCUT2D eigenvalue weighted by atomic mass is 9.90. The van der Waals surface area contributed by atoms with Crippen LogP contribution in [0.25, 0.3) is 17.1 Å². The van der Waals surface area contributed by atoms with Crippen LogP contribution in [0.3, 0.4) is 0 Å². The van der Waals surface area contributed by atoms with Crippen LogP contribution in [-0.4, -0.2) is 30.6 Å². The van der Waals surface area contributed by atoms with Crippen LogP contribution in [0.1, 0.15) is 30.9 Å². The van der Waals surface area contributed by atoms with Crippen molar-refractivity contribution in [3.63, 3.8) is 0 Å². The second kappa shape index (κ2) is 7.43. The predicted molar refractivity (Wildman–Crippen MR) is 110 cm³/mol. The summed E-state index contributed by atoms with van der Waals surface area (Å²) in [5.41, 5.74) is 2.84. The molecule has 0 spiro atoms. The molecule has 1 N–H and O–H groups in total. The van der Waals surface area contributed by atoms with Gasteiger partial charge in [-0.2, -0.15) is 0 Å². The molecule has 7 nitrogen and oxygen atoms in total. The molecule has 0 saturated heterocycles. The highest BCUT2D eigenvalue weighted by atomic mass is 16.1. The largest absolute Gasteiger partial charge is 0.310 e. The standard InChI is InChI=1S/C22H20N6O/c29-22(16-5-1-4-15(12-16)17-6-3-11-23-13-17)26-20-8-2-7-19(25-20)21-27-24-14-28(21)18-9-10-18/h1-8,11,13-14,16,18H,9-10,12H2,(H,25,26,29). The highest BCUT2D eigenvalue weighted by Gasteiger charge is 2.27. The van der Waals surface area contributed by atoms with E-state index >= 15 is 0 Å². The Labute approximate surface area is 168 Å². The first-order valence-corrected chi connectivity index (χ1v) is 9.73. The molecule has 3 aromatic rings. The number of pyridine rings is 2. The molecular weight excluding hydrogens is 364 g/mol. The van der Waals surface area contributed by atoms with Gasteiger partial charge in [-0.05, 0) is 48.6 Å². The zero-order chi connectivity index (χ0) is 19.6. The van der Waals surface area contributed by atoms with Gasteiger partial charge in [0.2, 0.25) is 5.91 Å². The van der Waals surface area contributed by atoms with E-state index in [0.29, 0.717) is 24.0 Å². The van der Waals surface area contributed by atoms with Crippen molar-refractivity contribution in [2.45, 2.75) is 25.3 Å². The Kier molecular flexibility index (Phi) is 4.48. The van der Waals surface area contributed by atoms with Gasteiger partial charge >= 0.3 is 0 Å². The summed E-state index contributed by atoms with van der Waals surface area (Å²) in [6.07, 6.45) is 14.1. The Morgan fingerprint density at radius 1 is 1.17 bits per heavy atom. The molecule has 1 fully saturated rings. The number of nitrogens with zero attached hydrogens (tertiary/aromatic N) is 5. The number of carbonyl (C=O) groups excluding carboxylic acids is 1. The van der Waals surface area contributed by atoms with Crippen molar-refractivity contribution >= 4 is 17.3 Å². The topological polar surface area (TPSA) is 85.6 Å². The Hall–Kier alpha value is -3.61. The van der Waals surface area contributed by atoms with Crippen molar-refractivity contribution in [2.75, 3.05) is 5.32 Å². The SMILES string of the molecule is O=C(Nc1cccc(-c2nncn2C2CC2)n1)C1C=CC=C(c2cccnc2)C1. The molecule has 2 aliphatic carbocycles. The van der Waals surface area contributed by atoms with E-state index in [1.807, 2.05) is 48.7 Å². The molecular formula is C22H20N6O. The molecule has 5 rings (SSSR count). The van der Waals surface area contributed by atoms with E-state index in [2.05, 4.69) is 30.0 Å². The molecule has 144 valence electrons. The first kappa shape index (κ1) is 17.5. The summed E-state index contributed by atoms with van der Waals surface area (Å²) in [5.74, 6) is 0.923. The predicted octanol–water partition coefficient (Wildman–Crippen LogP) is 3.67. The van der Waals surface area contributed by atoms with Gasteiger partial charge in [0.1, 0.15) is 17.8 Å². The molecule has 3 aromatic heterocycles. The monoisotopic (exact) mass is 384 g/mol. The summed E-state index contributed by atoms with van der Waals surface area (Å²) in [6, 6.07) is 9.94. The second-order valence-corrected chi connectivity index (χ2v) is 7.32. The van der Waals surface area contributed by atoms with E-state index in [-0.39, 0.29) is 11.8 Å². The van der Waals surface area contributed by atoms with E-state index in [1.54, 1.807) is 18.6 Å². The lowest BCUT2D eigenvalue weighted by molar-refractivity contribution is -0.118. The van der Waals surface area contributed by atoms with E-state index < -0.39 is 0 Å². The van der Waals surface area contributed by atoms with Crippen LogP contribution < -0.4 is 5.32 Å². The average molecular weight is 384 g/mol. The molecule has 1 amide bonds. The van der Waals surface area contributed by atoms with Gasteiger partial charge in [-0.15, -0.1) is 10.2 Å². The third-order valence-electron chi connectivity index (χ3n) is 5.19. The van der Waals surface area contributed by atoms with Crippen LogP contribution in [0, 0.1) is 5.92 Å². The number of amides is 1. The van der Waals surface area contributed by atoms with E-state index in [4.69, 9.17) is 0 Å². The highest BCUT2D eigenvalue weighted by molar-refractivity contribution is 5.94. The zero-order valence-electron chi connectivity index (χ0n) is 15.8.